The highest BCUT2D eigenvalue weighted by atomic mass is 32.2. The molecule has 0 atom stereocenters. The molecule has 0 spiro atoms. The maximum Gasteiger partial charge on any atom is 0.235 e. The van der Waals surface area contributed by atoms with Gasteiger partial charge in [0.2, 0.25) is 10.0 Å². The van der Waals surface area contributed by atoms with Crippen molar-refractivity contribution in [2.75, 3.05) is 24.5 Å². The molecule has 21 heavy (non-hydrogen) atoms. The summed E-state index contributed by atoms with van der Waals surface area (Å²) in [5.41, 5.74) is 2.11. The normalized spacial score (nSPS) is 16.1. The number of hydrogen-bond acceptors (Lipinski definition) is 4. The highest BCUT2D eigenvalue weighted by Crippen LogP contribution is 2.22. The third kappa shape index (κ3) is 4.21. The van der Waals surface area contributed by atoms with Crippen molar-refractivity contribution in [1.29, 1.82) is 0 Å². The summed E-state index contributed by atoms with van der Waals surface area (Å²) in [6.07, 6.45) is 1.04. The Labute approximate surface area is 125 Å². The fourth-order valence-corrected chi connectivity index (χ4v) is 3.74. The number of nitrogens with one attached hydrogen (secondary N) is 1. The Morgan fingerprint density at radius 3 is 2.71 bits per heavy atom. The van der Waals surface area contributed by atoms with Crippen LogP contribution in [0.2, 0.25) is 0 Å². The summed E-state index contributed by atoms with van der Waals surface area (Å²) in [5.74, 6) is 5.36. The zero-order valence-corrected chi connectivity index (χ0v) is 12.7. The molecule has 0 radical (unpaired) electrons. The summed E-state index contributed by atoms with van der Waals surface area (Å²) in [6, 6.07) is 5.23. The van der Waals surface area contributed by atoms with Gasteiger partial charge in [0.1, 0.15) is 6.61 Å². The number of rotatable bonds is 3. The van der Waals surface area contributed by atoms with Crippen molar-refractivity contribution in [1.82, 2.24) is 0 Å². The second-order valence-electron chi connectivity index (χ2n) is 4.95. The smallest absolute Gasteiger partial charge is 0.235 e. The van der Waals surface area contributed by atoms with Gasteiger partial charge in [0.25, 0.3) is 0 Å². The zero-order valence-electron chi connectivity index (χ0n) is 11.9. The van der Waals surface area contributed by atoms with Gasteiger partial charge in [0.05, 0.1) is 10.9 Å². The number of aliphatic hydroxyl groups excluding tert-OH is 1. The molecule has 1 aliphatic heterocycles. The van der Waals surface area contributed by atoms with Crippen LogP contribution in [0, 0.1) is 18.8 Å². The van der Waals surface area contributed by atoms with E-state index < -0.39 is 15.3 Å². The number of ether oxygens (including phenoxy) is 1. The molecule has 0 unspecified atom stereocenters. The molecule has 1 aliphatic rings. The second-order valence-corrected chi connectivity index (χ2v) is 6.91. The first-order chi connectivity index (χ1) is 10.0. The number of aryl methyl sites for hydroxylation is 1. The van der Waals surface area contributed by atoms with Gasteiger partial charge >= 0.3 is 0 Å². The molecule has 1 aromatic carbocycles. The first-order valence-corrected chi connectivity index (χ1v) is 8.37. The molecule has 0 saturated carbocycles. The van der Waals surface area contributed by atoms with Crippen LogP contribution >= 0.6 is 0 Å². The van der Waals surface area contributed by atoms with Crippen LogP contribution in [0.5, 0.6) is 0 Å². The fourth-order valence-electron chi connectivity index (χ4n) is 2.22. The van der Waals surface area contributed by atoms with E-state index >= 15 is 0 Å². The Bertz CT molecular complexity index is 652. The Hall–Kier alpha value is -1.55. The largest absolute Gasteiger partial charge is 0.384 e. The van der Waals surface area contributed by atoms with Crippen molar-refractivity contribution in [2.24, 2.45) is 0 Å². The minimum absolute atomic E-state index is 0.197. The van der Waals surface area contributed by atoms with Gasteiger partial charge in [-0.15, -0.1) is 0 Å². The standard InChI is InChI=1S/C15H19NO4S/c1-12-11-13(3-2-8-17)4-5-15(12)16-21(18,19)14-6-9-20-10-7-14/h4-5,11,14,16-17H,6-10H2,1H3. The summed E-state index contributed by atoms with van der Waals surface area (Å²) >= 11 is 0. The van der Waals surface area contributed by atoms with Gasteiger partial charge in [-0.3, -0.25) is 4.72 Å². The molecular formula is C15H19NO4S. The summed E-state index contributed by atoms with van der Waals surface area (Å²) < 4.78 is 32.5. The van der Waals surface area contributed by atoms with Crippen LogP contribution in [-0.4, -0.2) is 38.6 Å². The average Bonchev–Trinajstić information content (AvgIpc) is 2.48. The van der Waals surface area contributed by atoms with E-state index in [0.29, 0.717) is 31.7 Å². The lowest BCUT2D eigenvalue weighted by Gasteiger charge is -2.23. The highest BCUT2D eigenvalue weighted by Gasteiger charge is 2.27. The number of benzene rings is 1. The molecular weight excluding hydrogens is 290 g/mol. The molecule has 114 valence electrons. The van der Waals surface area contributed by atoms with Gasteiger partial charge in [-0.2, -0.15) is 0 Å². The molecule has 0 amide bonds. The van der Waals surface area contributed by atoms with Gasteiger partial charge in [0.15, 0.2) is 0 Å². The predicted octanol–water partition coefficient (Wildman–Crippen LogP) is 1.26. The Morgan fingerprint density at radius 1 is 1.38 bits per heavy atom. The number of aliphatic hydroxyl groups is 1. The van der Waals surface area contributed by atoms with Gasteiger partial charge < -0.3 is 9.84 Å². The Balaban J connectivity index is 2.15. The third-order valence-corrected chi connectivity index (χ3v) is 5.25. The van der Waals surface area contributed by atoms with E-state index in [1.807, 2.05) is 6.92 Å². The molecule has 6 heteroatoms. The van der Waals surface area contributed by atoms with Crippen LogP contribution in [0.3, 0.4) is 0 Å². The maximum atomic E-state index is 12.3. The average molecular weight is 309 g/mol. The summed E-state index contributed by atoms with van der Waals surface area (Å²) in [6.45, 7) is 2.60. The van der Waals surface area contributed by atoms with E-state index in [0.717, 1.165) is 11.1 Å². The molecule has 1 saturated heterocycles. The number of hydrogen-bond donors (Lipinski definition) is 2. The first kappa shape index (κ1) is 15.8. The van der Waals surface area contributed by atoms with Crippen LogP contribution in [0.4, 0.5) is 5.69 Å². The van der Waals surface area contributed by atoms with Crippen LogP contribution in [0.25, 0.3) is 0 Å². The lowest BCUT2D eigenvalue weighted by atomic mass is 10.1. The minimum atomic E-state index is -3.39. The van der Waals surface area contributed by atoms with Crippen molar-refractivity contribution in [3.8, 4) is 11.8 Å². The van der Waals surface area contributed by atoms with Crippen LogP contribution in [0.1, 0.15) is 24.0 Å². The quantitative estimate of drug-likeness (QED) is 0.824. The van der Waals surface area contributed by atoms with E-state index in [9.17, 15) is 8.42 Å². The van der Waals surface area contributed by atoms with Gasteiger partial charge in [0, 0.05) is 18.8 Å². The van der Waals surface area contributed by atoms with E-state index in [2.05, 4.69) is 16.6 Å². The summed E-state index contributed by atoms with van der Waals surface area (Å²) in [5, 5.41) is 8.27. The molecule has 0 aliphatic carbocycles. The van der Waals surface area contributed by atoms with Crippen molar-refractivity contribution >= 4 is 15.7 Å². The lowest BCUT2D eigenvalue weighted by Crippen LogP contribution is -2.33. The van der Waals surface area contributed by atoms with Crippen molar-refractivity contribution in [3.63, 3.8) is 0 Å². The molecule has 1 heterocycles. The maximum absolute atomic E-state index is 12.3. The molecule has 0 aromatic heterocycles. The summed E-state index contributed by atoms with van der Waals surface area (Å²) in [7, 11) is -3.39. The fraction of sp³-hybridized carbons (Fsp3) is 0.467. The molecule has 2 rings (SSSR count). The van der Waals surface area contributed by atoms with Gasteiger partial charge in [-0.1, -0.05) is 11.8 Å². The van der Waals surface area contributed by atoms with Crippen molar-refractivity contribution < 1.29 is 18.3 Å². The van der Waals surface area contributed by atoms with E-state index in [1.54, 1.807) is 18.2 Å². The van der Waals surface area contributed by atoms with E-state index in [1.165, 1.54) is 0 Å². The molecule has 1 aromatic rings. The molecule has 2 N–H and O–H groups in total. The lowest BCUT2D eigenvalue weighted by molar-refractivity contribution is 0.0984. The van der Waals surface area contributed by atoms with Gasteiger partial charge in [-0.25, -0.2) is 8.42 Å². The van der Waals surface area contributed by atoms with Crippen LogP contribution < -0.4 is 4.72 Å². The molecule has 1 fully saturated rings. The predicted molar refractivity (Wildman–Crippen MR) is 81.5 cm³/mol. The number of anilines is 1. The summed E-state index contributed by atoms with van der Waals surface area (Å²) in [4.78, 5) is 0. The molecule has 5 nitrogen and oxygen atoms in total. The third-order valence-electron chi connectivity index (χ3n) is 3.40. The van der Waals surface area contributed by atoms with Crippen molar-refractivity contribution in [2.45, 2.75) is 25.0 Å². The molecule has 0 bridgehead atoms. The Morgan fingerprint density at radius 2 is 2.10 bits per heavy atom. The minimum Gasteiger partial charge on any atom is -0.384 e. The Kier molecular flexibility index (Phi) is 5.23. The first-order valence-electron chi connectivity index (χ1n) is 6.82. The SMILES string of the molecule is Cc1cc(C#CCO)ccc1NS(=O)(=O)C1CCOCC1. The van der Waals surface area contributed by atoms with Gasteiger partial charge in [-0.05, 0) is 43.5 Å². The highest BCUT2D eigenvalue weighted by molar-refractivity contribution is 7.93. The number of sulfonamides is 1. The monoisotopic (exact) mass is 309 g/mol. The van der Waals surface area contributed by atoms with Crippen LogP contribution in [-0.2, 0) is 14.8 Å². The van der Waals surface area contributed by atoms with Crippen molar-refractivity contribution in [3.05, 3.63) is 29.3 Å². The van der Waals surface area contributed by atoms with E-state index in [4.69, 9.17) is 9.84 Å². The zero-order chi connectivity index (χ0) is 15.3. The van der Waals surface area contributed by atoms with E-state index in [-0.39, 0.29) is 6.61 Å². The topological polar surface area (TPSA) is 75.6 Å². The second kappa shape index (κ2) is 6.94. The van der Waals surface area contributed by atoms with Crippen LogP contribution in [0.15, 0.2) is 18.2 Å².